The molecule has 0 amide bonds. The van der Waals surface area contributed by atoms with Crippen LogP contribution in [0.5, 0.6) is 0 Å². The molecule has 5 nitrogen and oxygen atoms in total. The van der Waals surface area contributed by atoms with Gasteiger partial charge in [0.1, 0.15) is 0 Å². The molecule has 0 radical (unpaired) electrons. The van der Waals surface area contributed by atoms with E-state index < -0.39 is 7.82 Å². The fourth-order valence-corrected chi connectivity index (χ4v) is 0.224. The van der Waals surface area contributed by atoms with Crippen molar-refractivity contribution >= 4 is 20.2 Å². The summed E-state index contributed by atoms with van der Waals surface area (Å²) < 4.78 is 17.7. The van der Waals surface area contributed by atoms with Gasteiger partial charge in [-0.2, -0.15) is 0 Å². The molecule has 0 bridgehead atoms. The average molecular weight is 202 g/mol. The zero-order chi connectivity index (χ0) is 5.91. The van der Waals surface area contributed by atoms with Crippen LogP contribution < -0.4 is 40.6 Å². The van der Waals surface area contributed by atoms with Gasteiger partial charge in [-0.1, -0.05) is 0 Å². The molecule has 0 aromatic carbocycles. The van der Waals surface area contributed by atoms with Gasteiger partial charge in [0.25, 0.3) is 7.82 Å². The van der Waals surface area contributed by atoms with E-state index in [1.165, 1.54) is 0 Å². The molecule has 0 unspecified atom stereocenters. The van der Waals surface area contributed by atoms with Crippen LogP contribution in [0.3, 0.4) is 0 Å². The van der Waals surface area contributed by atoms with Crippen LogP contribution in [-0.2, 0) is 13.6 Å². The normalized spacial score (nSPS) is 8.30. The molecule has 10 heavy (non-hydrogen) atoms. The Hall–Kier alpha value is 1.36. The molecule has 0 aliphatic rings. The fraction of sp³-hybridized carbons (Fsp3) is 1.00. The molecular weight excluding hydrogens is 191 g/mol. The first-order chi connectivity index (χ1) is 3.12. The minimum absolute atomic E-state index is 0. The van der Waals surface area contributed by atoms with Gasteiger partial charge >= 0.3 is 29.6 Å². The standard InChI is InChI=1S/C2H7O4P.ClH.H3N.Na/c1-5-7(3,4)6-2;;;/h1-2H3,(H,3,4);1H;1H3;/q;;;+1/p-1. The molecule has 0 saturated carbocycles. The number of halogens is 1. The van der Waals surface area contributed by atoms with Gasteiger partial charge in [-0.3, -0.25) is 4.57 Å². The Morgan fingerprint density at radius 2 is 1.50 bits per heavy atom. The Morgan fingerprint density at radius 1 is 1.30 bits per heavy atom. The smallest absolute Gasteiger partial charge is 0.756 e. The molecule has 0 aromatic rings. The summed E-state index contributed by atoms with van der Waals surface area (Å²) in [5.74, 6) is 0. The third-order valence-electron chi connectivity index (χ3n) is 0.447. The van der Waals surface area contributed by atoms with Crippen LogP contribution in [0.1, 0.15) is 0 Å². The Morgan fingerprint density at radius 3 is 1.50 bits per heavy atom. The zero-order valence-corrected chi connectivity index (χ0v) is 9.91. The van der Waals surface area contributed by atoms with E-state index in [2.05, 4.69) is 9.05 Å². The largest absolute Gasteiger partial charge is 1.00 e. The minimum Gasteiger partial charge on any atom is -0.756 e. The summed E-state index contributed by atoms with van der Waals surface area (Å²) in [6.45, 7) is 0. The summed E-state index contributed by atoms with van der Waals surface area (Å²) in [6, 6.07) is 0. The molecule has 0 aromatic heterocycles. The SMILES string of the molecule is COP(=O)([O-])OC.Cl.N.[Na+]. The molecule has 0 rings (SSSR count). The van der Waals surface area contributed by atoms with Gasteiger partial charge in [0.2, 0.25) is 0 Å². The van der Waals surface area contributed by atoms with E-state index in [-0.39, 0.29) is 48.1 Å². The molecule has 0 atom stereocenters. The Bertz CT molecular complexity index is 95.3. The second-order valence-corrected chi connectivity index (χ2v) is 2.44. The van der Waals surface area contributed by atoms with E-state index in [0.29, 0.717) is 0 Å². The Labute approximate surface area is 88.4 Å². The summed E-state index contributed by atoms with van der Waals surface area (Å²) in [6.07, 6.45) is 0. The second kappa shape index (κ2) is 10.4. The monoisotopic (exact) mass is 201 g/mol. The molecular formula is C2H10ClNNaO4P. The van der Waals surface area contributed by atoms with Gasteiger partial charge in [-0.15, -0.1) is 12.4 Å². The summed E-state index contributed by atoms with van der Waals surface area (Å²) >= 11 is 0. The van der Waals surface area contributed by atoms with E-state index in [1.54, 1.807) is 0 Å². The molecule has 3 N–H and O–H groups in total. The fourth-order valence-electron chi connectivity index (χ4n) is 0.0745. The number of phosphoric ester groups is 1. The number of hydrogen-bond donors (Lipinski definition) is 1. The van der Waals surface area contributed by atoms with Crippen molar-refractivity contribution in [2.45, 2.75) is 0 Å². The molecule has 60 valence electrons. The third-order valence-corrected chi connectivity index (χ3v) is 1.34. The van der Waals surface area contributed by atoms with Crippen LogP contribution in [0, 0.1) is 0 Å². The van der Waals surface area contributed by atoms with Crippen LogP contribution >= 0.6 is 20.2 Å². The van der Waals surface area contributed by atoms with Crippen molar-refractivity contribution in [1.82, 2.24) is 6.15 Å². The first-order valence-corrected chi connectivity index (χ1v) is 3.01. The van der Waals surface area contributed by atoms with E-state index >= 15 is 0 Å². The average Bonchev–Trinajstić information content (AvgIpc) is 1.68. The number of hydrogen-bond acceptors (Lipinski definition) is 5. The van der Waals surface area contributed by atoms with Crippen LogP contribution in [0.2, 0.25) is 0 Å². The molecule has 0 heterocycles. The van der Waals surface area contributed by atoms with Crippen LogP contribution in [0.25, 0.3) is 0 Å². The van der Waals surface area contributed by atoms with E-state index in [9.17, 15) is 9.46 Å². The maximum atomic E-state index is 9.95. The van der Waals surface area contributed by atoms with Gasteiger partial charge < -0.3 is 20.1 Å². The first kappa shape index (κ1) is 22.5. The predicted octanol–water partition coefficient (Wildman–Crippen LogP) is -2.66. The van der Waals surface area contributed by atoms with E-state index in [1.807, 2.05) is 0 Å². The summed E-state index contributed by atoms with van der Waals surface area (Å²) in [4.78, 5) is 9.95. The molecule has 0 aliphatic heterocycles. The molecule has 0 fully saturated rings. The Balaban J connectivity index is -0.0000000600. The third kappa shape index (κ3) is 12.1. The van der Waals surface area contributed by atoms with Crippen molar-refractivity contribution in [2.24, 2.45) is 0 Å². The van der Waals surface area contributed by atoms with Crippen molar-refractivity contribution in [3.8, 4) is 0 Å². The summed E-state index contributed by atoms with van der Waals surface area (Å²) in [5, 5.41) is 0. The van der Waals surface area contributed by atoms with Crippen molar-refractivity contribution in [3.05, 3.63) is 0 Å². The molecule has 0 spiro atoms. The van der Waals surface area contributed by atoms with Crippen molar-refractivity contribution in [2.75, 3.05) is 14.2 Å². The van der Waals surface area contributed by atoms with Crippen molar-refractivity contribution in [3.63, 3.8) is 0 Å². The maximum absolute atomic E-state index is 9.95. The maximum Gasteiger partial charge on any atom is 1.00 e. The Kier molecular flexibility index (Phi) is 23.3. The van der Waals surface area contributed by atoms with Gasteiger partial charge in [0.15, 0.2) is 0 Å². The van der Waals surface area contributed by atoms with Gasteiger partial charge in [-0.25, -0.2) is 0 Å². The zero-order valence-electron chi connectivity index (χ0n) is 6.20. The van der Waals surface area contributed by atoms with Gasteiger partial charge in [-0.05, 0) is 0 Å². The summed E-state index contributed by atoms with van der Waals surface area (Å²) in [5.41, 5.74) is 0. The quantitative estimate of drug-likeness (QED) is 0.389. The van der Waals surface area contributed by atoms with Gasteiger partial charge in [0, 0.05) is 14.2 Å². The molecule has 0 aliphatic carbocycles. The van der Waals surface area contributed by atoms with E-state index in [4.69, 9.17) is 0 Å². The van der Waals surface area contributed by atoms with E-state index in [0.717, 1.165) is 14.2 Å². The van der Waals surface area contributed by atoms with Gasteiger partial charge in [0.05, 0.1) is 0 Å². The number of phosphoric acid groups is 1. The topological polar surface area (TPSA) is 93.6 Å². The van der Waals surface area contributed by atoms with Crippen LogP contribution in [0.4, 0.5) is 0 Å². The molecule has 0 saturated heterocycles. The minimum atomic E-state index is -3.90. The predicted molar refractivity (Wildman–Crippen MR) is 33.9 cm³/mol. The van der Waals surface area contributed by atoms with Crippen molar-refractivity contribution < 1.29 is 48.1 Å². The first-order valence-electron chi connectivity index (χ1n) is 1.55. The van der Waals surface area contributed by atoms with Crippen LogP contribution in [0.15, 0.2) is 0 Å². The number of rotatable bonds is 2. The second-order valence-electron chi connectivity index (χ2n) is 0.812. The summed E-state index contributed by atoms with van der Waals surface area (Å²) in [7, 11) is -1.83. The van der Waals surface area contributed by atoms with Crippen LogP contribution in [-0.4, -0.2) is 14.2 Å². The molecule has 8 heteroatoms. The van der Waals surface area contributed by atoms with Crippen molar-refractivity contribution in [1.29, 1.82) is 0 Å².